The third-order valence-electron chi connectivity index (χ3n) is 4.54. The molecule has 128 valence electrons. The van der Waals surface area contributed by atoms with Crippen molar-refractivity contribution in [1.29, 1.82) is 0 Å². The Kier molecular flexibility index (Phi) is 5.51. The second kappa shape index (κ2) is 7.79. The molecule has 0 aromatic heterocycles. The Balaban J connectivity index is 1.45. The largest absolute Gasteiger partial charge is 0.493 e. The quantitative estimate of drug-likeness (QED) is 0.819. The van der Waals surface area contributed by atoms with E-state index in [2.05, 4.69) is 29.2 Å². The number of β-amino-alcohol motifs (C(OH)–C–C–N with tert-alkyl or cyclic N) is 1. The minimum Gasteiger partial charge on any atom is -0.493 e. The van der Waals surface area contributed by atoms with Crippen LogP contribution in [0.2, 0.25) is 0 Å². The van der Waals surface area contributed by atoms with Crippen LogP contribution in [0.1, 0.15) is 17.5 Å². The molecule has 0 bridgehead atoms. The Labute approximate surface area is 143 Å². The van der Waals surface area contributed by atoms with Gasteiger partial charge in [0.2, 0.25) is 0 Å². The highest BCUT2D eigenvalue weighted by atomic mass is 16.5. The molecule has 0 aliphatic carbocycles. The number of hydrogen-bond donors (Lipinski definition) is 2. The SMILES string of the molecule is OC[C@@]1(O)CCN(Cc2ccc(OCCc3ccccc3)cc2)C1. The van der Waals surface area contributed by atoms with Gasteiger partial charge >= 0.3 is 0 Å². The lowest BCUT2D eigenvalue weighted by atomic mass is 10.1. The van der Waals surface area contributed by atoms with E-state index in [-0.39, 0.29) is 6.61 Å². The van der Waals surface area contributed by atoms with Crippen molar-refractivity contribution in [2.45, 2.75) is 25.0 Å². The molecule has 0 radical (unpaired) electrons. The normalized spacial score (nSPS) is 21.1. The summed E-state index contributed by atoms with van der Waals surface area (Å²) in [5.74, 6) is 0.878. The molecule has 4 nitrogen and oxygen atoms in total. The molecular formula is C20H25NO3. The maximum Gasteiger partial charge on any atom is 0.119 e. The Hall–Kier alpha value is -1.88. The average molecular weight is 327 g/mol. The second-order valence-electron chi connectivity index (χ2n) is 6.57. The molecule has 0 unspecified atom stereocenters. The van der Waals surface area contributed by atoms with Crippen LogP contribution < -0.4 is 4.74 Å². The summed E-state index contributed by atoms with van der Waals surface area (Å²) >= 11 is 0. The third-order valence-corrected chi connectivity index (χ3v) is 4.54. The summed E-state index contributed by atoms with van der Waals surface area (Å²) in [6, 6.07) is 18.4. The molecule has 1 saturated heterocycles. The fourth-order valence-electron chi connectivity index (χ4n) is 3.09. The van der Waals surface area contributed by atoms with Crippen LogP contribution in [0.25, 0.3) is 0 Å². The Bertz CT molecular complexity index is 629. The van der Waals surface area contributed by atoms with E-state index in [1.807, 2.05) is 30.3 Å². The van der Waals surface area contributed by atoms with Gasteiger partial charge in [-0.15, -0.1) is 0 Å². The molecule has 0 amide bonds. The van der Waals surface area contributed by atoms with Crippen molar-refractivity contribution in [1.82, 2.24) is 4.90 Å². The molecule has 1 atom stereocenters. The van der Waals surface area contributed by atoms with Crippen LogP contribution in [0.15, 0.2) is 54.6 Å². The zero-order chi connectivity index (χ0) is 16.8. The minimum absolute atomic E-state index is 0.169. The molecule has 1 fully saturated rings. The van der Waals surface area contributed by atoms with Crippen LogP contribution >= 0.6 is 0 Å². The highest BCUT2D eigenvalue weighted by molar-refractivity contribution is 5.27. The summed E-state index contributed by atoms with van der Waals surface area (Å²) in [7, 11) is 0. The van der Waals surface area contributed by atoms with Crippen LogP contribution in [0.5, 0.6) is 5.75 Å². The highest BCUT2D eigenvalue weighted by Gasteiger charge is 2.35. The average Bonchev–Trinajstić information content (AvgIpc) is 2.99. The molecule has 0 spiro atoms. The lowest BCUT2D eigenvalue weighted by Gasteiger charge is -2.21. The molecule has 1 aliphatic rings. The zero-order valence-corrected chi connectivity index (χ0v) is 13.9. The van der Waals surface area contributed by atoms with Gasteiger partial charge < -0.3 is 14.9 Å². The molecule has 4 heteroatoms. The van der Waals surface area contributed by atoms with Gasteiger partial charge in [-0.25, -0.2) is 0 Å². The summed E-state index contributed by atoms with van der Waals surface area (Å²) < 4.78 is 5.80. The van der Waals surface area contributed by atoms with Crippen LogP contribution in [0.3, 0.4) is 0 Å². The molecule has 3 rings (SSSR count). The number of aliphatic hydroxyl groups is 2. The van der Waals surface area contributed by atoms with Gasteiger partial charge in [-0.1, -0.05) is 42.5 Å². The van der Waals surface area contributed by atoms with Crippen molar-refractivity contribution < 1.29 is 14.9 Å². The number of aliphatic hydroxyl groups excluding tert-OH is 1. The summed E-state index contributed by atoms with van der Waals surface area (Å²) in [6.07, 6.45) is 1.53. The molecule has 2 aromatic rings. The third kappa shape index (κ3) is 4.57. The van der Waals surface area contributed by atoms with E-state index in [9.17, 15) is 10.2 Å². The van der Waals surface area contributed by atoms with Gasteiger partial charge in [0.05, 0.1) is 13.2 Å². The van der Waals surface area contributed by atoms with Crippen LogP contribution in [0.4, 0.5) is 0 Å². The van der Waals surface area contributed by atoms with Crippen molar-refractivity contribution in [3.63, 3.8) is 0 Å². The van der Waals surface area contributed by atoms with E-state index in [1.54, 1.807) is 0 Å². The number of hydrogen-bond acceptors (Lipinski definition) is 4. The first-order chi connectivity index (χ1) is 11.7. The van der Waals surface area contributed by atoms with E-state index in [4.69, 9.17) is 4.74 Å². The van der Waals surface area contributed by atoms with Gasteiger partial charge in [0.1, 0.15) is 11.4 Å². The van der Waals surface area contributed by atoms with Crippen molar-refractivity contribution in [3.05, 3.63) is 65.7 Å². The lowest BCUT2D eigenvalue weighted by molar-refractivity contribution is -0.00580. The van der Waals surface area contributed by atoms with E-state index in [0.717, 1.165) is 25.3 Å². The molecule has 2 aromatic carbocycles. The first kappa shape index (κ1) is 17.0. The van der Waals surface area contributed by atoms with Gasteiger partial charge in [-0.2, -0.15) is 0 Å². The first-order valence-electron chi connectivity index (χ1n) is 8.48. The predicted octanol–water partition coefficient (Wildman–Crippen LogP) is 2.24. The van der Waals surface area contributed by atoms with E-state index >= 15 is 0 Å². The topological polar surface area (TPSA) is 52.9 Å². The zero-order valence-electron chi connectivity index (χ0n) is 13.9. The van der Waals surface area contributed by atoms with E-state index < -0.39 is 5.60 Å². The maximum absolute atomic E-state index is 10.1. The van der Waals surface area contributed by atoms with Crippen molar-refractivity contribution >= 4 is 0 Å². The highest BCUT2D eigenvalue weighted by Crippen LogP contribution is 2.23. The Morgan fingerprint density at radius 3 is 2.42 bits per heavy atom. The van der Waals surface area contributed by atoms with Gasteiger partial charge in [0.25, 0.3) is 0 Å². The van der Waals surface area contributed by atoms with Gasteiger partial charge in [0, 0.05) is 26.1 Å². The van der Waals surface area contributed by atoms with E-state index in [0.29, 0.717) is 19.6 Å². The molecule has 1 heterocycles. The first-order valence-corrected chi connectivity index (χ1v) is 8.48. The molecule has 24 heavy (non-hydrogen) atoms. The predicted molar refractivity (Wildman–Crippen MR) is 94.0 cm³/mol. The summed E-state index contributed by atoms with van der Waals surface area (Å²) in [5, 5.41) is 19.3. The van der Waals surface area contributed by atoms with Gasteiger partial charge in [-0.3, -0.25) is 4.90 Å². The van der Waals surface area contributed by atoms with E-state index in [1.165, 1.54) is 11.1 Å². The van der Waals surface area contributed by atoms with Crippen molar-refractivity contribution in [2.24, 2.45) is 0 Å². The summed E-state index contributed by atoms with van der Waals surface area (Å²) in [5.41, 5.74) is 1.53. The smallest absolute Gasteiger partial charge is 0.119 e. The van der Waals surface area contributed by atoms with Gasteiger partial charge in [0.15, 0.2) is 0 Å². The fraction of sp³-hybridized carbons (Fsp3) is 0.400. The number of nitrogens with zero attached hydrogens (tertiary/aromatic N) is 1. The molecule has 2 N–H and O–H groups in total. The van der Waals surface area contributed by atoms with Crippen LogP contribution in [0, 0.1) is 0 Å². The molecule has 0 saturated carbocycles. The molecule has 1 aliphatic heterocycles. The monoisotopic (exact) mass is 327 g/mol. The number of benzene rings is 2. The minimum atomic E-state index is -0.930. The lowest BCUT2D eigenvalue weighted by Crippen LogP contribution is -2.36. The number of likely N-dealkylation sites (tertiary alicyclic amines) is 1. The van der Waals surface area contributed by atoms with Crippen molar-refractivity contribution in [3.8, 4) is 5.75 Å². The fourth-order valence-corrected chi connectivity index (χ4v) is 3.09. The Morgan fingerprint density at radius 2 is 1.75 bits per heavy atom. The summed E-state index contributed by atoms with van der Waals surface area (Å²) in [4.78, 5) is 2.17. The number of ether oxygens (including phenoxy) is 1. The van der Waals surface area contributed by atoms with Crippen LogP contribution in [-0.4, -0.2) is 47.0 Å². The van der Waals surface area contributed by atoms with Crippen LogP contribution in [-0.2, 0) is 13.0 Å². The standard InChI is InChI=1S/C20H25NO3/c22-16-20(23)11-12-21(15-20)14-18-6-8-19(9-7-18)24-13-10-17-4-2-1-3-5-17/h1-9,22-23H,10-16H2/t20-/m1/s1. The van der Waals surface area contributed by atoms with Crippen molar-refractivity contribution in [2.75, 3.05) is 26.3 Å². The summed E-state index contributed by atoms with van der Waals surface area (Å²) in [6.45, 7) is 2.62. The maximum atomic E-state index is 10.1. The Morgan fingerprint density at radius 1 is 1.00 bits per heavy atom. The second-order valence-corrected chi connectivity index (χ2v) is 6.57. The number of rotatable bonds is 7. The van der Waals surface area contributed by atoms with Gasteiger partial charge in [-0.05, 0) is 29.7 Å². The molecular weight excluding hydrogens is 302 g/mol.